The van der Waals surface area contributed by atoms with Crippen molar-refractivity contribution in [3.8, 4) is 0 Å². The Bertz CT molecular complexity index is 857. The first-order valence-electron chi connectivity index (χ1n) is 9.06. The molecular weight excluding hydrogens is 360 g/mol. The van der Waals surface area contributed by atoms with E-state index < -0.39 is 9.84 Å². The van der Waals surface area contributed by atoms with Crippen molar-refractivity contribution in [3.05, 3.63) is 59.7 Å². The standard InChI is InChI=1S/C21H28N2O3S/c1-5-23(16-18-8-10-19(11-9-18)22(3)4)21(24)14-15-27(25,26)20-12-6-17(2)7-13-20/h6-13H,5,14-16H2,1-4H3. The highest BCUT2D eigenvalue weighted by Gasteiger charge is 2.19. The molecule has 0 bridgehead atoms. The van der Waals surface area contributed by atoms with Gasteiger partial charge in [-0.05, 0) is 43.7 Å². The molecule has 27 heavy (non-hydrogen) atoms. The second-order valence-corrected chi connectivity index (χ2v) is 8.96. The van der Waals surface area contributed by atoms with Gasteiger partial charge in [0, 0.05) is 39.3 Å². The number of nitrogens with zero attached hydrogens (tertiary/aromatic N) is 2. The Balaban J connectivity index is 1.99. The Morgan fingerprint density at radius 1 is 0.963 bits per heavy atom. The van der Waals surface area contributed by atoms with Crippen molar-refractivity contribution < 1.29 is 13.2 Å². The highest BCUT2D eigenvalue weighted by atomic mass is 32.2. The highest BCUT2D eigenvalue weighted by Crippen LogP contribution is 2.16. The Hall–Kier alpha value is -2.34. The van der Waals surface area contributed by atoms with Gasteiger partial charge in [0.25, 0.3) is 0 Å². The minimum Gasteiger partial charge on any atom is -0.378 e. The van der Waals surface area contributed by atoms with E-state index in [2.05, 4.69) is 0 Å². The van der Waals surface area contributed by atoms with Crippen molar-refractivity contribution in [2.45, 2.75) is 31.7 Å². The molecule has 0 unspecified atom stereocenters. The van der Waals surface area contributed by atoms with E-state index in [9.17, 15) is 13.2 Å². The predicted octanol–water partition coefficient (Wildman–Crippen LogP) is 3.27. The number of amides is 1. The molecular formula is C21H28N2O3S. The third-order valence-corrected chi connectivity index (χ3v) is 6.26. The lowest BCUT2D eigenvalue weighted by molar-refractivity contribution is -0.131. The molecule has 146 valence electrons. The maximum Gasteiger partial charge on any atom is 0.223 e. The van der Waals surface area contributed by atoms with Crippen LogP contribution in [0, 0.1) is 6.92 Å². The van der Waals surface area contributed by atoms with E-state index in [4.69, 9.17) is 0 Å². The largest absolute Gasteiger partial charge is 0.378 e. The molecule has 2 rings (SSSR count). The zero-order chi connectivity index (χ0) is 20.0. The number of hydrogen-bond acceptors (Lipinski definition) is 4. The lowest BCUT2D eigenvalue weighted by Gasteiger charge is -2.21. The minimum absolute atomic E-state index is 0.0141. The van der Waals surface area contributed by atoms with Crippen LogP contribution in [-0.4, -0.2) is 45.6 Å². The fourth-order valence-electron chi connectivity index (χ4n) is 2.74. The number of benzene rings is 2. The zero-order valence-corrected chi connectivity index (χ0v) is 17.3. The van der Waals surface area contributed by atoms with Crippen LogP contribution in [0.5, 0.6) is 0 Å². The molecule has 0 spiro atoms. The zero-order valence-electron chi connectivity index (χ0n) is 16.5. The van der Waals surface area contributed by atoms with Gasteiger partial charge in [-0.25, -0.2) is 8.42 Å². The van der Waals surface area contributed by atoms with Crippen molar-refractivity contribution in [2.75, 3.05) is 31.3 Å². The molecule has 6 heteroatoms. The first kappa shape index (κ1) is 21.0. The molecule has 0 aliphatic carbocycles. The monoisotopic (exact) mass is 388 g/mol. The maximum absolute atomic E-state index is 12.5. The van der Waals surface area contributed by atoms with Gasteiger partial charge in [0.05, 0.1) is 10.6 Å². The van der Waals surface area contributed by atoms with Gasteiger partial charge in [0.15, 0.2) is 9.84 Å². The van der Waals surface area contributed by atoms with Gasteiger partial charge in [-0.1, -0.05) is 29.8 Å². The van der Waals surface area contributed by atoms with Gasteiger partial charge < -0.3 is 9.80 Å². The Morgan fingerprint density at radius 3 is 2.07 bits per heavy atom. The second-order valence-electron chi connectivity index (χ2n) is 6.85. The van der Waals surface area contributed by atoms with Gasteiger partial charge in [0.2, 0.25) is 5.91 Å². The lowest BCUT2D eigenvalue weighted by Crippen LogP contribution is -2.31. The SMILES string of the molecule is CCN(Cc1ccc(N(C)C)cc1)C(=O)CCS(=O)(=O)c1ccc(C)cc1. The van der Waals surface area contributed by atoms with E-state index >= 15 is 0 Å². The summed E-state index contributed by atoms with van der Waals surface area (Å²) in [5.41, 5.74) is 3.12. The van der Waals surface area contributed by atoms with Gasteiger partial charge in [-0.2, -0.15) is 0 Å². The summed E-state index contributed by atoms with van der Waals surface area (Å²) in [6.45, 7) is 4.83. The van der Waals surface area contributed by atoms with Crippen LogP contribution in [0.25, 0.3) is 0 Å². The normalized spacial score (nSPS) is 11.3. The van der Waals surface area contributed by atoms with Crippen LogP contribution in [0.1, 0.15) is 24.5 Å². The number of carbonyl (C=O) groups is 1. The number of carbonyl (C=O) groups excluding carboxylic acids is 1. The summed E-state index contributed by atoms with van der Waals surface area (Å²) in [4.78, 5) is 16.5. The number of anilines is 1. The number of hydrogen-bond donors (Lipinski definition) is 0. The lowest BCUT2D eigenvalue weighted by atomic mass is 10.2. The third kappa shape index (κ3) is 5.82. The van der Waals surface area contributed by atoms with Crippen LogP contribution in [-0.2, 0) is 21.2 Å². The molecule has 0 aromatic heterocycles. The molecule has 0 radical (unpaired) electrons. The maximum atomic E-state index is 12.5. The van der Waals surface area contributed by atoms with E-state index in [1.54, 1.807) is 29.2 Å². The molecule has 0 aliphatic rings. The van der Waals surface area contributed by atoms with Crippen molar-refractivity contribution in [3.63, 3.8) is 0 Å². The number of aryl methyl sites for hydroxylation is 1. The third-order valence-electron chi connectivity index (χ3n) is 4.53. The van der Waals surface area contributed by atoms with Gasteiger partial charge in [0.1, 0.15) is 0 Å². The smallest absolute Gasteiger partial charge is 0.223 e. The van der Waals surface area contributed by atoms with Crippen LogP contribution in [0.2, 0.25) is 0 Å². The Morgan fingerprint density at radius 2 is 1.56 bits per heavy atom. The summed E-state index contributed by atoms with van der Waals surface area (Å²) in [6, 6.07) is 14.7. The summed E-state index contributed by atoms with van der Waals surface area (Å²) < 4.78 is 24.9. The molecule has 0 saturated heterocycles. The predicted molar refractivity (Wildman–Crippen MR) is 110 cm³/mol. The molecule has 0 saturated carbocycles. The summed E-state index contributed by atoms with van der Waals surface area (Å²) in [7, 11) is 0.500. The summed E-state index contributed by atoms with van der Waals surface area (Å²) in [5.74, 6) is -0.324. The van der Waals surface area contributed by atoms with Crippen molar-refractivity contribution in [1.29, 1.82) is 0 Å². The highest BCUT2D eigenvalue weighted by molar-refractivity contribution is 7.91. The van der Waals surface area contributed by atoms with Crippen LogP contribution in [0.3, 0.4) is 0 Å². The van der Waals surface area contributed by atoms with Crippen LogP contribution in [0.4, 0.5) is 5.69 Å². The van der Waals surface area contributed by atoms with Crippen LogP contribution in [0.15, 0.2) is 53.4 Å². The molecule has 5 nitrogen and oxygen atoms in total. The Kier molecular flexibility index (Phi) is 7.02. The number of rotatable bonds is 8. The van der Waals surface area contributed by atoms with E-state index in [0.29, 0.717) is 13.1 Å². The molecule has 0 fully saturated rings. The van der Waals surface area contributed by atoms with E-state index in [1.165, 1.54) is 0 Å². The van der Waals surface area contributed by atoms with Crippen molar-refractivity contribution >= 4 is 21.4 Å². The molecule has 0 aliphatic heterocycles. The number of sulfone groups is 1. The van der Waals surface area contributed by atoms with Crippen molar-refractivity contribution in [1.82, 2.24) is 4.90 Å². The first-order valence-corrected chi connectivity index (χ1v) is 10.7. The first-order chi connectivity index (χ1) is 12.7. The van der Waals surface area contributed by atoms with Crippen molar-refractivity contribution in [2.24, 2.45) is 0 Å². The molecule has 0 N–H and O–H groups in total. The quantitative estimate of drug-likeness (QED) is 0.696. The molecule has 0 atom stereocenters. The van der Waals surface area contributed by atoms with Gasteiger partial charge >= 0.3 is 0 Å². The Labute approximate surface area is 162 Å². The van der Waals surface area contributed by atoms with E-state index in [1.807, 2.05) is 57.1 Å². The summed E-state index contributed by atoms with van der Waals surface area (Å²) in [5, 5.41) is 0. The van der Waals surface area contributed by atoms with Gasteiger partial charge in [-0.15, -0.1) is 0 Å². The van der Waals surface area contributed by atoms with Gasteiger partial charge in [-0.3, -0.25) is 4.79 Å². The van der Waals surface area contributed by atoms with E-state index in [-0.39, 0.29) is 23.0 Å². The van der Waals surface area contributed by atoms with Crippen LogP contribution >= 0.6 is 0 Å². The average Bonchev–Trinajstić information content (AvgIpc) is 2.65. The summed E-state index contributed by atoms with van der Waals surface area (Å²) in [6.07, 6.45) is -0.0141. The molecule has 1 amide bonds. The van der Waals surface area contributed by atoms with Crippen LogP contribution < -0.4 is 4.90 Å². The summed E-state index contributed by atoms with van der Waals surface area (Å²) >= 11 is 0. The fourth-order valence-corrected chi connectivity index (χ4v) is 3.97. The minimum atomic E-state index is -3.45. The topological polar surface area (TPSA) is 57.7 Å². The second kappa shape index (κ2) is 9.04. The molecule has 2 aromatic rings. The molecule has 2 aromatic carbocycles. The fraction of sp³-hybridized carbons (Fsp3) is 0.381. The average molecular weight is 389 g/mol. The molecule has 0 heterocycles. The van der Waals surface area contributed by atoms with E-state index in [0.717, 1.165) is 16.8 Å².